The predicted octanol–water partition coefficient (Wildman–Crippen LogP) is 6.16. The maximum atomic E-state index is 13.3. The van der Waals surface area contributed by atoms with Crippen LogP contribution in [0.5, 0.6) is 0 Å². The Bertz CT molecular complexity index is 1400. The molecular weight excluding hydrogens is 422 g/mol. The van der Waals surface area contributed by atoms with Crippen molar-refractivity contribution in [3.63, 3.8) is 0 Å². The van der Waals surface area contributed by atoms with Crippen molar-refractivity contribution in [3.05, 3.63) is 119 Å². The van der Waals surface area contributed by atoms with Gasteiger partial charge < -0.3 is 14.3 Å². The first-order valence-electron chi connectivity index (χ1n) is 10.5. The minimum atomic E-state index is -0.320. The Morgan fingerprint density at radius 1 is 0.818 bits per heavy atom. The molecule has 1 amide bonds. The summed E-state index contributed by atoms with van der Waals surface area (Å²) < 4.78 is 34.4. The zero-order chi connectivity index (χ0) is 22.8. The lowest BCUT2D eigenvalue weighted by molar-refractivity contribution is 0.0942. The van der Waals surface area contributed by atoms with Crippen LogP contribution in [-0.4, -0.2) is 10.5 Å². The summed E-state index contributed by atoms with van der Waals surface area (Å²) in [5.74, 6) is -0.298. The van der Waals surface area contributed by atoms with Gasteiger partial charge in [0.2, 0.25) is 0 Å². The number of hydrogen-bond acceptors (Lipinski definition) is 2. The number of furan rings is 1. The SMILES string of the molecule is O=C(NCc1ccc(F)cc1)c1cc2oc(-c3ccc(F)cc3)cc2n1Cc1ccccc1. The molecule has 2 heterocycles. The largest absolute Gasteiger partial charge is 0.454 e. The average Bonchev–Trinajstić information content (AvgIpc) is 3.39. The number of amides is 1. The van der Waals surface area contributed by atoms with Gasteiger partial charge in [0.25, 0.3) is 5.91 Å². The van der Waals surface area contributed by atoms with E-state index in [1.165, 1.54) is 24.3 Å². The van der Waals surface area contributed by atoms with Crippen molar-refractivity contribution < 1.29 is 18.0 Å². The van der Waals surface area contributed by atoms with E-state index in [0.717, 1.165) is 22.2 Å². The Labute approximate surface area is 189 Å². The van der Waals surface area contributed by atoms with Crippen LogP contribution < -0.4 is 5.32 Å². The molecule has 2 aromatic heterocycles. The van der Waals surface area contributed by atoms with Crippen molar-refractivity contribution in [1.82, 2.24) is 9.88 Å². The lowest BCUT2D eigenvalue weighted by Crippen LogP contribution is -2.25. The van der Waals surface area contributed by atoms with Crippen molar-refractivity contribution in [3.8, 4) is 11.3 Å². The summed E-state index contributed by atoms with van der Waals surface area (Å²) in [7, 11) is 0. The number of fused-ring (bicyclic) bond motifs is 1. The van der Waals surface area contributed by atoms with Crippen LogP contribution in [0.2, 0.25) is 0 Å². The molecule has 5 rings (SSSR count). The second kappa shape index (κ2) is 8.74. The minimum absolute atomic E-state index is 0.259. The van der Waals surface area contributed by atoms with Gasteiger partial charge in [-0.3, -0.25) is 4.79 Å². The highest BCUT2D eigenvalue weighted by atomic mass is 19.1. The molecule has 6 heteroatoms. The summed E-state index contributed by atoms with van der Waals surface area (Å²) in [6.07, 6.45) is 0. The van der Waals surface area contributed by atoms with Gasteiger partial charge in [-0.1, -0.05) is 42.5 Å². The molecule has 0 aliphatic carbocycles. The van der Waals surface area contributed by atoms with Gasteiger partial charge in [0.15, 0.2) is 5.58 Å². The lowest BCUT2D eigenvalue weighted by atomic mass is 10.2. The lowest BCUT2D eigenvalue weighted by Gasteiger charge is -2.11. The number of hydrogen-bond donors (Lipinski definition) is 1. The Hall–Kier alpha value is -4.19. The third kappa shape index (κ3) is 4.41. The number of benzene rings is 3. The van der Waals surface area contributed by atoms with Gasteiger partial charge in [0.05, 0.1) is 5.52 Å². The van der Waals surface area contributed by atoms with E-state index < -0.39 is 0 Å². The van der Waals surface area contributed by atoms with Gasteiger partial charge in [-0.2, -0.15) is 0 Å². The van der Waals surface area contributed by atoms with E-state index in [1.807, 2.05) is 41.0 Å². The van der Waals surface area contributed by atoms with E-state index in [0.29, 0.717) is 23.6 Å². The number of nitrogens with zero attached hydrogens (tertiary/aromatic N) is 1. The van der Waals surface area contributed by atoms with Crippen molar-refractivity contribution in [2.75, 3.05) is 0 Å². The monoisotopic (exact) mass is 442 g/mol. The van der Waals surface area contributed by atoms with Crippen LogP contribution in [0.1, 0.15) is 21.6 Å². The first kappa shape index (κ1) is 20.7. The quantitative estimate of drug-likeness (QED) is 0.342. The predicted molar refractivity (Wildman–Crippen MR) is 123 cm³/mol. The molecule has 0 spiro atoms. The summed E-state index contributed by atoms with van der Waals surface area (Å²) in [6, 6.07) is 25.5. The summed E-state index contributed by atoms with van der Waals surface area (Å²) in [5, 5.41) is 2.90. The summed E-state index contributed by atoms with van der Waals surface area (Å²) in [5.41, 5.74) is 4.38. The zero-order valence-corrected chi connectivity index (χ0v) is 17.6. The molecule has 0 unspecified atom stereocenters. The van der Waals surface area contributed by atoms with Gasteiger partial charge in [-0.05, 0) is 47.5 Å². The van der Waals surface area contributed by atoms with Crippen LogP contribution in [-0.2, 0) is 13.1 Å². The Kier molecular flexibility index (Phi) is 5.48. The molecule has 0 atom stereocenters. The van der Waals surface area contributed by atoms with Crippen molar-refractivity contribution >= 4 is 17.0 Å². The number of nitrogens with one attached hydrogen (secondary N) is 1. The maximum absolute atomic E-state index is 13.3. The molecule has 5 aromatic rings. The van der Waals surface area contributed by atoms with E-state index in [-0.39, 0.29) is 24.1 Å². The van der Waals surface area contributed by atoms with Crippen LogP contribution in [0.3, 0.4) is 0 Å². The highest BCUT2D eigenvalue weighted by molar-refractivity contribution is 5.98. The normalized spacial score (nSPS) is 11.1. The number of halogens is 2. The topological polar surface area (TPSA) is 47.2 Å². The zero-order valence-electron chi connectivity index (χ0n) is 17.6. The van der Waals surface area contributed by atoms with E-state index in [1.54, 1.807) is 30.3 Å². The summed E-state index contributed by atoms with van der Waals surface area (Å²) >= 11 is 0. The second-order valence-electron chi connectivity index (χ2n) is 7.78. The van der Waals surface area contributed by atoms with Crippen LogP contribution in [0.15, 0.2) is 95.4 Å². The second-order valence-corrected chi connectivity index (χ2v) is 7.78. The maximum Gasteiger partial charge on any atom is 0.268 e. The molecule has 0 saturated heterocycles. The molecular formula is C27H20F2N2O2. The molecule has 0 aliphatic heterocycles. The third-order valence-electron chi connectivity index (χ3n) is 5.50. The van der Waals surface area contributed by atoms with Crippen LogP contribution in [0.25, 0.3) is 22.4 Å². The van der Waals surface area contributed by atoms with E-state index in [4.69, 9.17) is 4.42 Å². The fraction of sp³-hybridized carbons (Fsp3) is 0.0741. The standard InChI is InChI=1S/C27H20F2N2O2/c28-21-10-6-18(7-11-21)16-30-27(32)24-15-26-23(31(24)17-19-4-2-1-3-5-19)14-25(33-26)20-8-12-22(29)13-9-20/h1-15H,16-17H2,(H,30,32). The fourth-order valence-corrected chi connectivity index (χ4v) is 3.80. The van der Waals surface area contributed by atoms with Gasteiger partial charge in [0.1, 0.15) is 23.1 Å². The van der Waals surface area contributed by atoms with E-state index in [9.17, 15) is 13.6 Å². The Morgan fingerprint density at radius 2 is 1.48 bits per heavy atom. The number of rotatable bonds is 6. The molecule has 0 aliphatic rings. The van der Waals surface area contributed by atoms with Crippen LogP contribution in [0.4, 0.5) is 8.78 Å². The Balaban J connectivity index is 1.49. The third-order valence-corrected chi connectivity index (χ3v) is 5.50. The molecule has 164 valence electrons. The minimum Gasteiger partial charge on any atom is -0.454 e. The molecule has 3 aromatic carbocycles. The highest BCUT2D eigenvalue weighted by Gasteiger charge is 2.20. The van der Waals surface area contributed by atoms with Crippen molar-refractivity contribution in [1.29, 1.82) is 0 Å². The molecule has 0 radical (unpaired) electrons. The fourth-order valence-electron chi connectivity index (χ4n) is 3.80. The van der Waals surface area contributed by atoms with Gasteiger partial charge in [-0.15, -0.1) is 0 Å². The smallest absolute Gasteiger partial charge is 0.268 e. The number of carbonyl (C=O) groups excluding carboxylic acids is 1. The highest BCUT2D eigenvalue weighted by Crippen LogP contribution is 2.31. The van der Waals surface area contributed by atoms with Crippen LogP contribution >= 0.6 is 0 Å². The molecule has 0 saturated carbocycles. The van der Waals surface area contributed by atoms with Crippen molar-refractivity contribution in [2.24, 2.45) is 0 Å². The Morgan fingerprint density at radius 3 is 2.18 bits per heavy atom. The molecule has 33 heavy (non-hydrogen) atoms. The van der Waals surface area contributed by atoms with E-state index >= 15 is 0 Å². The molecule has 0 bridgehead atoms. The first-order chi connectivity index (χ1) is 16.1. The molecule has 1 N–H and O–H groups in total. The van der Waals surface area contributed by atoms with Crippen LogP contribution in [0, 0.1) is 11.6 Å². The molecule has 0 fully saturated rings. The number of carbonyl (C=O) groups is 1. The first-order valence-corrected chi connectivity index (χ1v) is 10.5. The van der Waals surface area contributed by atoms with Gasteiger partial charge >= 0.3 is 0 Å². The molecule has 4 nitrogen and oxygen atoms in total. The number of aromatic nitrogens is 1. The van der Waals surface area contributed by atoms with Crippen molar-refractivity contribution in [2.45, 2.75) is 13.1 Å². The van der Waals surface area contributed by atoms with Gasteiger partial charge in [0, 0.05) is 30.8 Å². The summed E-state index contributed by atoms with van der Waals surface area (Å²) in [6.45, 7) is 0.754. The van der Waals surface area contributed by atoms with Gasteiger partial charge in [-0.25, -0.2) is 8.78 Å². The summed E-state index contributed by atoms with van der Waals surface area (Å²) in [4.78, 5) is 13.1. The average molecular weight is 442 g/mol. The van der Waals surface area contributed by atoms with E-state index in [2.05, 4.69) is 5.32 Å².